The van der Waals surface area contributed by atoms with Gasteiger partial charge < -0.3 is 10.1 Å². The first-order valence-electron chi connectivity index (χ1n) is 6.69. The number of hydrogen-bond donors (Lipinski definition) is 1. The summed E-state index contributed by atoms with van der Waals surface area (Å²) in [6, 6.07) is 11.6. The van der Waals surface area contributed by atoms with Gasteiger partial charge in [0, 0.05) is 12.2 Å². The molecule has 0 saturated heterocycles. The number of anilines is 1. The highest BCUT2D eigenvalue weighted by Gasteiger charge is 2.11. The van der Waals surface area contributed by atoms with Gasteiger partial charge in [-0.25, -0.2) is 4.79 Å². The summed E-state index contributed by atoms with van der Waals surface area (Å²) in [6.45, 7) is 4.85. The lowest BCUT2D eigenvalue weighted by Gasteiger charge is -2.11. The molecule has 21 heavy (non-hydrogen) atoms. The Morgan fingerprint density at radius 2 is 1.95 bits per heavy atom. The molecule has 2 rings (SSSR count). The van der Waals surface area contributed by atoms with Crippen LogP contribution in [0.2, 0.25) is 5.02 Å². The lowest BCUT2D eigenvalue weighted by molar-refractivity contribution is 0.0601. The molecule has 0 aromatic heterocycles. The van der Waals surface area contributed by atoms with E-state index in [0.29, 0.717) is 17.1 Å². The molecule has 0 aliphatic heterocycles. The quantitative estimate of drug-likeness (QED) is 0.853. The van der Waals surface area contributed by atoms with Crippen LogP contribution in [-0.2, 0) is 11.3 Å². The van der Waals surface area contributed by atoms with Crippen LogP contribution in [0.5, 0.6) is 0 Å². The van der Waals surface area contributed by atoms with Crippen molar-refractivity contribution in [2.75, 3.05) is 12.4 Å². The molecule has 3 nitrogen and oxygen atoms in total. The van der Waals surface area contributed by atoms with Crippen molar-refractivity contribution >= 4 is 23.3 Å². The van der Waals surface area contributed by atoms with Crippen LogP contribution in [0.3, 0.4) is 0 Å². The standard InChI is InChI=1S/C17H18ClNO2/c1-11-4-5-13(12(2)8-11)10-19-14-6-7-16(18)15(9-14)17(20)21-3/h4-9,19H,10H2,1-3H3. The maximum Gasteiger partial charge on any atom is 0.339 e. The Bertz CT molecular complexity index is 668. The summed E-state index contributed by atoms with van der Waals surface area (Å²) in [5.41, 5.74) is 4.90. The fourth-order valence-corrected chi connectivity index (χ4v) is 2.34. The van der Waals surface area contributed by atoms with Crippen molar-refractivity contribution in [3.63, 3.8) is 0 Å². The average molecular weight is 304 g/mol. The van der Waals surface area contributed by atoms with Gasteiger partial charge in [-0.3, -0.25) is 0 Å². The van der Waals surface area contributed by atoms with Crippen LogP contribution < -0.4 is 5.32 Å². The zero-order chi connectivity index (χ0) is 15.4. The highest BCUT2D eigenvalue weighted by molar-refractivity contribution is 6.33. The SMILES string of the molecule is COC(=O)c1cc(NCc2ccc(C)cc2C)ccc1Cl. The van der Waals surface area contributed by atoms with Crippen LogP contribution in [0, 0.1) is 13.8 Å². The number of halogens is 1. The molecule has 110 valence electrons. The lowest BCUT2D eigenvalue weighted by atomic mass is 10.1. The van der Waals surface area contributed by atoms with E-state index in [9.17, 15) is 4.79 Å². The number of ether oxygens (including phenoxy) is 1. The third-order valence-corrected chi connectivity index (χ3v) is 3.68. The zero-order valence-corrected chi connectivity index (χ0v) is 13.1. The van der Waals surface area contributed by atoms with Gasteiger partial charge >= 0.3 is 5.97 Å². The van der Waals surface area contributed by atoms with E-state index in [2.05, 4.69) is 37.4 Å². The normalized spacial score (nSPS) is 10.3. The van der Waals surface area contributed by atoms with Crippen molar-refractivity contribution in [3.8, 4) is 0 Å². The Hall–Kier alpha value is -2.00. The first-order valence-corrected chi connectivity index (χ1v) is 7.07. The van der Waals surface area contributed by atoms with E-state index in [1.807, 2.05) is 6.07 Å². The average Bonchev–Trinajstić information content (AvgIpc) is 2.47. The first kappa shape index (κ1) is 15.4. The van der Waals surface area contributed by atoms with Crippen LogP contribution >= 0.6 is 11.6 Å². The van der Waals surface area contributed by atoms with Crippen molar-refractivity contribution < 1.29 is 9.53 Å². The second-order valence-corrected chi connectivity index (χ2v) is 5.38. The number of rotatable bonds is 4. The van der Waals surface area contributed by atoms with Crippen molar-refractivity contribution in [3.05, 3.63) is 63.7 Å². The summed E-state index contributed by atoms with van der Waals surface area (Å²) >= 11 is 6.00. The monoisotopic (exact) mass is 303 g/mol. The van der Waals surface area contributed by atoms with Gasteiger partial charge in [0.05, 0.1) is 17.7 Å². The lowest BCUT2D eigenvalue weighted by Crippen LogP contribution is -2.05. The molecule has 0 heterocycles. The molecule has 0 atom stereocenters. The van der Waals surface area contributed by atoms with Gasteiger partial charge in [0.25, 0.3) is 0 Å². The fourth-order valence-electron chi connectivity index (χ4n) is 2.14. The van der Waals surface area contributed by atoms with Gasteiger partial charge in [-0.2, -0.15) is 0 Å². The number of methoxy groups -OCH3 is 1. The van der Waals surface area contributed by atoms with E-state index in [0.717, 1.165) is 5.69 Å². The molecule has 0 amide bonds. The molecule has 4 heteroatoms. The number of carbonyl (C=O) groups excluding carboxylic acids is 1. The predicted octanol–water partition coefficient (Wildman–Crippen LogP) is 4.36. The van der Waals surface area contributed by atoms with Crippen molar-refractivity contribution in [1.29, 1.82) is 0 Å². The van der Waals surface area contributed by atoms with Gasteiger partial charge in [0.2, 0.25) is 0 Å². The Balaban J connectivity index is 2.15. The summed E-state index contributed by atoms with van der Waals surface area (Å²) in [4.78, 5) is 11.6. The Morgan fingerprint density at radius 1 is 1.19 bits per heavy atom. The molecule has 0 spiro atoms. The topological polar surface area (TPSA) is 38.3 Å². The van der Waals surface area contributed by atoms with E-state index < -0.39 is 5.97 Å². The predicted molar refractivity (Wildman–Crippen MR) is 86.0 cm³/mol. The Labute approximate surface area is 129 Å². The molecule has 0 bridgehead atoms. The molecule has 0 radical (unpaired) electrons. The summed E-state index contributed by atoms with van der Waals surface area (Å²) < 4.78 is 4.72. The van der Waals surface area contributed by atoms with E-state index in [-0.39, 0.29) is 0 Å². The minimum Gasteiger partial charge on any atom is -0.465 e. The second-order valence-electron chi connectivity index (χ2n) is 4.97. The maximum atomic E-state index is 11.6. The van der Waals surface area contributed by atoms with Gasteiger partial charge in [0.15, 0.2) is 0 Å². The van der Waals surface area contributed by atoms with Crippen molar-refractivity contribution in [2.45, 2.75) is 20.4 Å². The summed E-state index contributed by atoms with van der Waals surface area (Å²) in [5, 5.41) is 3.69. The Kier molecular flexibility index (Phi) is 4.86. The van der Waals surface area contributed by atoms with Crippen LogP contribution in [0.15, 0.2) is 36.4 Å². The van der Waals surface area contributed by atoms with E-state index in [1.165, 1.54) is 23.8 Å². The fraction of sp³-hybridized carbons (Fsp3) is 0.235. The number of aryl methyl sites for hydroxylation is 2. The highest BCUT2D eigenvalue weighted by Crippen LogP contribution is 2.22. The number of hydrogen-bond acceptors (Lipinski definition) is 3. The molecule has 1 N–H and O–H groups in total. The van der Waals surface area contributed by atoms with Crippen molar-refractivity contribution in [1.82, 2.24) is 0 Å². The van der Waals surface area contributed by atoms with Crippen LogP contribution in [0.4, 0.5) is 5.69 Å². The van der Waals surface area contributed by atoms with Gasteiger partial charge in [-0.15, -0.1) is 0 Å². The second kappa shape index (κ2) is 6.64. The van der Waals surface area contributed by atoms with Crippen LogP contribution in [0.1, 0.15) is 27.0 Å². The molecule has 0 aliphatic carbocycles. The minimum atomic E-state index is -0.435. The van der Waals surface area contributed by atoms with Crippen LogP contribution in [-0.4, -0.2) is 13.1 Å². The van der Waals surface area contributed by atoms with Crippen molar-refractivity contribution in [2.24, 2.45) is 0 Å². The smallest absolute Gasteiger partial charge is 0.339 e. The summed E-state index contributed by atoms with van der Waals surface area (Å²) in [5.74, 6) is -0.435. The molecule has 0 unspecified atom stereocenters. The molecular formula is C17H18ClNO2. The van der Waals surface area contributed by atoms with Gasteiger partial charge in [0.1, 0.15) is 0 Å². The summed E-state index contributed by atoms with van der Waals surface area (Å²) in [6.07, 6.45) is 0. The summed E-state index contributed by atoms with van der Waals surface area (Å²) in [7, 11) is 1.34. The number of benzene rings is 2. The maximum absolute atomic E-state index is 11.6. The molecule has 0 saturated carbocycles. The third-order valence-electron chi connectivity index (χ3n) is 3.35. The van der Waals surface area contributed by atoms with Gasteiger partial charge in [-0.1, -0.05) is 35.4 Å². The number of carbonyl (C=O) groups is 1. The largest absolute Gasteiger partial charge is 0.465 e. The number of esters is 1. The molecule has 2 aromatic carbocycles. The van der Waals surface area contributed by atoms with Gasteiger partial charge in [-0.05, 0) is 43.2 Å². The molecule has 0 aliphatic rings. The minimum absolute atomic E-state index is 0.366. The third kappa shape index (κ3) is 3.76. The van der Waals surface area contributed by atoms with Crippen LogP contribution in [0.25, 0.3) is 0 Å². The number of nitrogens with one attached hydrogen (secondary N) is 1. The first-order chi connectivity index (χ1) is 10.0. The van der Waals surface area contributed by atoms with E-state index in [4.69, 9.17) is 16.3 Å². The molecular weight excluding hydrogens is 286 g/mol. The highest BCUT2D eigenvalue weighted by atomic mass is 35.5. The van der Waals surface area contributed by atoms with E-state index in [1.54, 1.807) is 12.1 Å². The van der Waals surface area contributed by atoms with E-state index >= 15 is 0 Å². The molecule has 2 aromatic rings. The molecule has 0 fully saturated rings. The zero-order valence-electron chi connectivity index (χ0n) is 12.4. The Morgan fingerprint density at radius 3 is 2.62 bits per heavy atom.